The Hall–Kier alpha value is -0.460. The Balaban J connectivity index is 3.91. The summed E-state index contributed by atoms with van der Waals surface area (Å²) in [5, 5.41) is 16.0. The first-order chi connectivity index (χ1) is 5.75. The summed E-state index contributed by atoms with van der Waals surface area (Å²) in [6, 6.07) is 0. The summed E-state index contributed by atoms with van der Waals surface area (Å²) in [6.45, 7) is 5.49. The van der Waals surface area contributed by atoms with E-state index >= 15 is 0 Å². The van der Waals surface area contributed by atoms with Crippen molar-refractivity contribution < 1.29 is 9.32 Å². The molecule has 5 nitrogen and oxygen atoms in total. The molecule has 0 aliphatic rings. The minimum atomic E-state index is -1.24. The summed E-state index contributed by atoms with van der Waals surface area (Å²) in [6.07, 6.45) is -1.06. The number of hydrogen-bond acceptors (Lipinski definition) is 3. The Morgan fingerprint density at radius 3 is 2.46 bits per heavy atom. The summed E-state index contributed by atoms with van der Waals surface area (Å²) in [7, 11) is -1.24. The zero-order chi connectivity index (χ0) is 10.6. The lowest BCUT2D eigenvalue weighted by atomic mass is 10.3. The Bertz CT molecular complexity index is 212. The van der Waals surface area contributed by atoms with E-state index in [4.69, 9.17) is 16.2 Å². The molecule has 6 heteroatoms. The van der Waals surface area contributed by atoms with Crippen LogP contribution in [0.4, 0.5) is 0 Å². The second-order valence-corrected chi connectivity index (χ2v) is 5.75. The number of amidine groups is 1. The average Bonchev–Trinajstić information content (AvgIpc) is 1.97. The lowest BCUT2D eigenvalue weighted by molar-refractivity contribution is 0.242. The summed E-state index contributed by atoms with van der Waals surface area (Å²) < 4.78 is 13.6. The van der Waals surface area contributed by atoms with E-state index in [1.807, 2.05) is 20.8 Å². The van der Waals surface area contributed by atoms with E-state index in [0.29, 0.717) is 0 Å². The summed E-state index contributed by atoms with van der Waals surface area (Å²) in [4.78, 5) is 0. The lowest BCUT2D eigenvalue weighted by Gasteiger charge is -2.19. The van der Waals surface area contributed by atoms with Crippen LogP contribution >= 0.6 is 0 Å². The molecule has 0 saturated heterocycles. The van der Waals surface area contributed by atoms with Gasteiger partial charge in [-0.3, -0.25) is 5.41 Å². The molecule has 0 aromatic rings. The Kier molecular flexibility index (Phi) is 4.52. The molecule has 2 atom stereocenters. The highest BCUT2D eigenvalue weighted by atomic mass is 32.2. The fraction of sp³-hybridized carbons (Fsp3) is 0.857. The van der Waals surface area contributed by atoms with E-state index in [9.17, 15) is 4.21 Å². The second kappa shape index (κ2) is 4.69. The maximum absolute atomic E-state index is 11.4. The first kappa shape index (κ1) is 12.5. The molecule has 0 aliphatic carbocycles. The van der Waals surface area contributed by atoms with Crippen LogP contribution in [-0.2, 0) is 11.0 Å². The smallest absolute Gasteiger partial charge is 0.124 e. The first-order valence-corrected chi connectivity index (χ1v) is 5.07. The molecule has 0 aromatic heterocycles. The molecule has 0 heterocycles. The van der Waals surface area contributed by atoms with E-state index in [-0.39, 0.29) is 17.1 Å². The van der Waals surface area contributed by atoms with Crippen LogP contribution in [0.5, 0.6) is 0 Å². The molecule has 0 aromatic carbocycles. The van der Waals surface area contributed by atoms with Crippen molar-refractivity contribution in [3.8, 4) is 0 Å². The molecule has 0 saturated carbocycles. The van der Waals surface area contributed by atoms with Crippen molar-refractivity contribution in [2.45, 2.75) is 31.6 Å². The molecular formula is C7H17N3O2S. The fourth-order valence-corrected chi connectivity index (χ4v) is 1.22. The van der Waals surface area contributed by atoms with Gasteiger partial charge in [-0.15, -0.1) is 0 Å². The minimum Gasteiger partial charge on any atom is -0.385 e. The molecule has 0 aliphatic heterocycles. The van der Waals surface area contributed by atoms with Gasteiger partial charge in [0.25, 0.3) is 0 Å². The molecule has 13 heavy (non-hydrogen) atoms. The van der Waals surface area contributed by atoms with Crippen LogP contribution in [-0.4, -0.2) is 32.5 Å². The Morgan fingerprint density at radius 1 is 1.69 bits per heavy atom. The van der Waals surface area contributed by atoms with Crippen LogP contribution in [0.1, 0.15) is 20.8 Å². The number of nitrogens with two attached hydrogens (primary N) is 1. The second-order valence-electron chi connectivity index (χ2n) is 3.70. The predicted octanol–water partition coefficient (Wildman–Crippen LogP) is -0.665. The molecule has 0 radical (unpaired) electrons. The van der Waals surface area contributed by atoms with E-state index < -0.39 is 17.1 Å². The van der Waals surface area contributed by atoms with Crippen LogP contribution in [0, 0.1) is 5.41 Å². The van der Waals surface area contributed by atoms with Crippen LogP contribution < -0.4 is 10.5 Å². The number of aliphatic hydroxyl groups is 1. The van der Waals surface area contributed by atoms with Crippen LogP contribution in [0.25, 0.3) is 0 Å². The van der Waals surface area contributed by atoms with Crippen molar-refractivity contribution in [2.75, 3.05) is 6.54 Å². The van der Waals surface area contributed by atoms with Crippen molar-refractivity contribution in [1.82, 2.24) is 4.72 Å². The van der Waals surface area contributed by atoms with Gasteiger partial charge < -0.3 is 10.8 Å². The number of hydrogen-bond donors (Lipinski definition) is 4. The van der Waals surface area contributed by atoms with Gasteiger partial charge in [0.05, 0.1) is 15.7 Å². The Labute approximate surface area is 80.8 Å². The van der Waals surface area contributed by atoms with Crippen molar-refractivity contribution in [1.29, 1.82) is 5.41 Å². The molecule has 78 valence electrons. The maximum Gasteiger partial charge on any atom is 0.124 e. The zero-order valence-corrected chi connectivity index (χ0v) is 8.94. The normalized spacial score (nSPS) is 16.6. The van der Waals surface area contributed by atoms with E-state index in [1.54, 1.807) is 0 Å². The highest BCUT2D eigenvalue weighted by molar-refractivity contribution is 7.84. The first-order valence-electron chi connectivity index (χ1n) is 3.92. The molecule has 0 rings (SSSR count). The Morgan fingerprint density at radius 2 is 2.15 bits per heavy atom. The molecule has 0 amide bonds. The van der Waals surface area contributed by atoms with Gasteiger partial charge in [0.1, 0.15) is 11.9 Å². The SMILES string of the molecule is CC(C)(C)[S@](=O)NCC(O)C(=N)N. The summed E-state index contributed by atoms with van der Waals surface area (Å²) in [5.41, 5.74) is 5.03. The van der Waals surface area contributed by atoms with Gasteiger partial charge in [-0.25, -0.2) is 8.93 Å². The van der Waals surface area contributed by atoms with E-state index in [0.717, 1.165) is 0 Å². The standard InChI is InChI=1S/C7H17N3O2S/c1-7(2,3)13(12)10-4-5(11)6(8)9/h5,10-11H,4H2,1-3H3,(H3,8,9)/t5?,13-/m0/s1. The van der Waals surface area contributed by atoms with Crippen molar-refractivity contribution in [3.05, 3.63) is 0 Å². The zero-order valence-electron chi connectivity index (χ0n) is 8.13. The van der Waals surface area contributed by atoms with E-state index in [2.05, 4.69) is 4.72 Å². The lowest BCUT2D eigenvalue weighted by Crippen LogP contribution is -2.42. The molecule has 0 fully saturated rings. The maximum atomic E-state index is 11.4. The van der Waals surface area contributed by atoms with Gasteiger partial charge in [0, 0.05) is 6.54 Å². The van der Waals surface area contributed by atoms with Gasteiger partial charge >= 0.3 is 0 Å². The number of rotatable bonds is 4. The quantitative estimate of drug-likeness (QED) is 0.363. The van der Waals surface area contributed by atoms with Gasteiger partial charge in [-0.05, 0) is 20.8 Å². The van der Waals surface area contributed by atoms with Crippen LogP contribution in [0.3, 0.4) is 0 Å². The van der Waals surface area contributed by atoms with Crippen molar-refractivity contribution in [2.24, 2.45) is 5.73 Å². The van der Waals surface area contributed by atoms with Crippen molar-refractivity contribution in [3.63, 3.8) is 0 Å². The third-order valence-electron chi connectivity index (χ3n) is 1.32. The molecule has 5 N–H and O–H groups in total. The van der Waals surface area contributed by atoms with Gasteiger partial charge in [-0.1, -0.05) is 0 Å². The predicted molar refractivity (Wildman–Crippen MR) is 53.8 cm³/mol. The third-order valence-corrected chi connectivity index (χ3v) is 2.86. The van der Waals surface area contributed by atoms with Crippen LogP contribution in [0.2, 0.25) is 0 Å². The molecule has 1 unspecified atom stereocenters. The highest BCUT2D eigenvalue weighted by Crippen LogP contribution is 2.08. The summed E-state index contributed by atoms with van der Waals surface area (Å²) in [5.74, 6) is -0.321. The molecule has 0 spiro atoms. The van der Waals surface area contributed by atoms with Crippen LogP contribution in [0.15, 0.2) is 0 Å². The monoisotopic (exact) mass is 207 g/mol. The molecule has 0 bridgehead atoms. The van der Waals surface area contributed by atoms with E-state index in [1.165, 1.54) is 0 Å². The third kappa shape index (κ3) is 4.97. The largest absolute Gasteiger partial charge is 0.385 e. The average molecular weight is 207 g/mol. The number of nitrogens with one attached hydrogen (secondary N) is 2. The van der Waals surface area contributed by atoms with Gasteiger partial charge in [-0.2, -0.15) is 0 Å². The van der Waals surface area contributed by atoms with Gasteiger partial charge in [0.2, 0.25) is 0 Å². The number of aliphatic hydroxyl groups excluding tert-OH is 1. The fourth-order valence-electron chi connectivity index (χ4n) is 0.481. The topological polar surface area (TPSA) is 99.2 Å². The molecular weight excluding hydrogens is 190 g/mol. The summed E-state index contributed by atoms with van der Waals surface area (Å²) >= 11 is 0. The van der Waals surface area contributed by atoms with Gasteiger partial charge in [0.15, 0.2) is 0 Å². The highest BCUT2D eigenvalue weighted by Gasteiger charge is 2.20. The minimum absolute atomic E-state index is 0.0409. The van der Waals surface area contributed by atoms with Crippen molar-refractivity contribution >= 4 is 16.8 Å².